The Bertz CT molecular complexity index is 1140. The van der Waals surface area contributed by atoms with Crippen molar-refractivity contribution < 1.29 is 4.79 Å². The van der Waals surface area contributed by atoms with E-state index < -0.39 is 0 Å². The van der Waals surface area contributed by atoms with Crippen molar-refractivity contribution in [3.05, 3.63) is 46.1 Å². The molecule has 4 aromatic rings. The molecule has 4 rings (SSSR count). The SMILES string of the molecule is Cc1sc2ncn3c(SCC(=O)Nc4cccc(Cl)c4)nnc3c2c1C. The molecule has 26 heavy (non-hydrogen) atoms. The molecule has 3 heterocycles. The van der Waals surface area contributed by atoms with Gasteiger partial charge in [0, 0.05) is 15.6 Å². The van der Waals surface area contributed by atoms with Crippen molar-refractivity contribution in [2.45, 2.75) is 19.0 Å². The molecule has 0 unspecified atom stereocenters. The Hall–Kier alpha value is -2.16. The van der Waals surface area contributed by atoms with Gasteiger partial charge in [-0.3, -0.25) is 9.20 Å². The first kappa shape index (κ1) is 17.3. The summed E-state index contributed by atoms with van der Waals surface area (Å²) in [4.78, 5) is 18.9. The summed E-state index contributed by atoms with van der Waals surface area (Å²) in [6.45, 7) is 4.14. The average molecular weight is 404 g/mol. The first-order valence-corrected chi connectivity index (χ1v) is 9.98. The van der Waals surface area contributed by atoms with Crippen LogP contribution in [-0.4, -0.2) is 31.2 Å². The first-order valence-electron chi connectivity index (χ1n) is 7.80. The van der Waals surface area contributed by atoms with Crippen molar-refractivity contribution in [3.8, 4) is 0 Å². The van der Waals surface area contributed by atoms with Gasteiger partial charge in [0.25, 0.3) is 0 Å². The summed E-state index contributed by atoms with van der Waals surface area (Å²) in [6, 6.07) is 7.05. The number of carbonyl (C=O) groups is 1. The number of thioether (sulfide) groups is 1. The molecule has 132 valence electrons. The summed E-state index contributed by atoms with van der Waals surface area (Å²) in [5, 5.41) is 13.6. The van der Waals surface area contributed by atoms with Crippen LogP contribution >= 0.6 is 34.7 Å². The van der Waals surface area contributed by atoms with E-state index in [1.54, 1.807) is 41.9 Å². The summed E-state index contributed by atoms with van der Waals surface area (Å²) >= 11 is 8.90. The average Bonchev–Trinajstić information content (AvgIpc) is 3.14. The largest absolute Gasteiger partial charge is 0.325 e. The summed E-state index contributed by atoms with van der Waals surface area (Å²) in [6.07, 6.45) is 1.71. The lowest BCUT2D eigenvalue weighted by atomic mass is 10.2. The number of rotatable bonds is 4. The van der Waals surface area contributed by atoms with E-state index in [1.165, 1.54) is 22.2 Å². The van der Waals surface area contributed by atoms with Crippen LogP contribution in [0.4, 0.5) is 5.69 Å². The predicted octanol–water partition coefficient (Wildman–Crippen LogP) is 4.34. The van der Waals surface area contributed by atoms with Gasteiger partial charge >= 0.3 is 0 Å². The molecule has 0 saturated heterocycles. The predicted molar refractivity (Wildman–Crippen MR) is 106 cm³/mol. The third-order valence-corrected chi connectivity index (χ3v) is 6.28. The van der Waals surface area contributed by atoms with E-state index in [0.29, 0.717) is 15.9 Å². The minimum atomic E-state index is -0.134. The minimum absolute atomic E-state index is 0.134. The monoisotopic (exact) mass is 403 g/mol. The van der Waals surface area contributed by atoms with Crippen LogP contribution in [0.1, 0.15) is 10.4 Å². The van der Waals surface area contributed by atoms with E-state index in [9.17, 15) is 4.79 Å². The maximum absolute atomic E-state index is 12.2. The quantitative estimate of drug-likeness (QED) is 0.513. The molecule has 1 amide bonds. The molecule has 1 N–H and O–H groups in total. The Morgan fingerprint density at radius 3 is 3.00 bits per heavy atom. The molecule has 0 aliphatic rings. The molecule has 0 spiro atoms. The van der Waals surface area contributed by atoms with Crippen LogP contribution in [0.15, 0.2) is 35.7 Å². The van der Waals surface area contributed by atoms with Crippen molar-refractivity contribution in [2.75, 3.05) is 11.1 Å². The number of amides is 1. The van der Waals surface area contributed by atoms with Crippen LogP contribution in [0.5, 0.6) is 0 Å². The highest BCUT2D eigenvalue weighted by Crippen LogP contribution is 2.32. The Morgan fingerprint density at radius 2 is 2.19 bits per heavy atom. The van der Waals surface area contributed by atoms with Gasteiger partial charge in [0.05, 0.1) is 11.1 Å². The van der Waals surface area contributed by atoms with Crippen LogP contribution in [0.3, 0.4) is 0 Å². The first-order chi connectivity index (χ1) is 12.5. The van der Waals surface area contributed by atoms with Gasteiger partial charge in [0.1, 0.15) is 11.2 Å². The van der Waals surface area contributed by atoms with E-state index >= 15 is 0 Å². The fourth-order valence-corrected chi connectivity index (χ4v) is 4.50. The van der Waals surface area contributed by atoms with Crippen LogP contribution in [-0.2, 0) is 4.79 Å². The third-order valence-electron chi connectivity index (χ3n) is 3.99. The number of aromatic nitrogens is 4. The molecule has 0 bridgehead atoms. The normalized spacial score (nSPS) is 11.3. The highest BCUT2D eigenvalue weighted by Gasteiger charge is 2.16. The zero-order valence-corrected chi connectivity index (χ0v) is 16.4. The summed E-state index contributed by atoms with van der Waals surface area (Å²) in [5.41, 5.74) is 2.61. The zero-order chi connectivity index (χ0) is 18.3. The zero-order valence-electron chi connectivity index (χ0n) is 14.0. The topological polar surface area (TPSA) is 72.2 Å². The maximum atomic E-state index is 12.2. The highest BCUT2D eigenvalue weighted by molar-refractivity contribution is 7.99. The van der Waals surface area contributed by atoms with Gasteiger partial charge in [-0.25, -0.2) is 4.98 Å². The molecule has 0 fully saturated rings. The maximum Gasteiger partial charge on any atom is 0.234 e. The molecule has 6 nitrogen and oxygen atoms in total. The molecular formula is C17H14ClN5OS2. The lowest BCUT2D eigenvalue weighted by Crippen LogP contribution is -2.14. The van der Waals surface area contributed by atoms with Crippen LogP contribution in [0.2, 0.25) is 5.02 Å². The smallest absolute Gasteiger partial charge is 0.234 e. The lowest BCUT2D eigenvalue weighted by Gasteiger charge is -2.05. The fourth-order valence-electron chi connectivity index (χ4n) is 2.62. The van der Waals surface area contributed by atoms with E-state index in [-0.39, 0.29) is 11.7 Å². The Morgan fingerprint density at radius 1 is 1.35 bits per heavy atom. The molecule has 0 saturated carbocycles. The second-order valence-corrected chi connectivity index (χ2v) is 8.31. The van der Waals surface area contributed by atoms with Crippen molar-refractivity contribution in [2.24, 2.45) is 0 Å². The van der Waals surface area contributed by atoms with Gasteiger partial charge in [-0.15, -0.1) is 21.5 Å². The summed E-state index contributed by atoms with van der Waals surface area (Å²) in [5.74, 6) is 0.0816. The van der Waals surface area contributed by atoms with Crippen LogP contribution in [0.25, 0.3) is 15.9 Å². The Kier molecular flexibility index (Phi) is 4.56. The van der Waals surface area contributed by atoms with Gasteiger partial charge in [0.15, 0.2) is 10.8 Å². The second kappa shape index (κ2) is 6.86. The van der Waals surface area contributed by atoms with Crippen LogP contribution < -0.4 is 5.32 Å². The van der Waals surface area contributed by atoms with E-state index in [4.69, 9.17) is 11.6 Å². The standard InChI is InChI=1S/C17H14ClN5OS2/c1-9-10(2)26-16-14(9)15-21-22-17(23(15)8-19-16)25-7-13(24)20-12-5-3-4-11(18)6-12/h3-6,8H,7H2,1-2H3,(H,20,24). The Balaban J connectivity index is 1.54. The van der Waals surface area contributed by atoms with E-state index in [2.05, 4.69) is 34.3 Å². The third kappa shape index (κ3) is 3.15. The Labute approximate surface area is 162 Å². The van der Waals surface area contributed by atoms with Crippen molar-refractivity contribution >= 4 is 62.2 Å². The summed E-state index contributed by atoms with van der Waals surface area (Å²) in [7, 11) is 0. The number of hydrogen-bond acceptors (Lipinski definition) is 6. The number of nitrogens with zero attached hydrogens (tertiary/aromatic N) is 4. The lowest BCUT2D eigenvalue weighted by molar-refractivity contribution is -0.113. The van der Waals surface area contributed by atoms with Gasteiger partial charge in [0.2, 0.25) is 5.91 Å². The molecular weight excluding hydrogens is 390 g/mol. The van der Waals surface area contributed by atoms with Crippen molar-refractivity contribution in [3.63, 3.8) is 0 Å². The number of thiophene rings is 1. The van der Waals surface area contributed by atoms with E-state index in [1.807, 2.05) is 4.40 Å². The number of carbonyl (C=O) groups excluding carboxylic acids is 1. The number of fused-ring (bicyclic) bond motifs is 3. The van der Waals surface area contributed by atoms with Crippen LogP contribution in [0, 0.1) is 13.8 Å². The number of nitrogens with one attached hydrogen (secondary N) is 1. The highest BCUT2D eigenvalue weighted by atomic mass is 35.5. The molecule has 9 heteroatoms. The molecule has 0 aliphatic carbocycles. The number of anilines is 1. The number of benzene rings is 1. The molecule has 1 aromatic carbocycles. The van der Waals surface area contributed by atoms with E-state index in [0.717, 1.165) is 15.9 Å². The van der Waals surface area contributed by atoms with Crippen molar-refractivity contribution in [1.82, 2.24) is 19.6 Å². The van der Waals surface area contributed by atoms with Crippen molar-refractivity contribution in [1.29, 1.82) is 0 Å². The van der Waals surface area contributed by atoms with Gasteiger partial charge in [-0.2, -0.15) is 0 Å². The number of hydrogen-bond donors (Lipinski definition) is 1. The molecule has 0 radical (unpaired) electrons. The van der Waals surface area contributed by atoms with Gasteiger partial charge in [-0.05, 0) is 37.6 Å². The molecule has 0 aliphatic heterocycles. The molecule has 0 atom stereocenters. The number of aryl methyl sites for hydroxylation is 2. The van der Waals surface area contributed by atoms with Gasteiger partial charge < -0.3 is 5.32 Å². The molecule has 3 aromatic heterocycles. The fraction of sp³-hybridized carbons (Fsp3) is 0.176. The number of halogens is 1. The second-order valence-electron chi connectivity index (χ2n) is 5.73. The summed E-state index contributed by atoms with van der Waals surface area (Å²) < 4.78 is 1.83. The van der Waals surface area contributed by atoms with Gasteiger partial charge in [-0.1, -0.05) is 29.4 Å². The minimum Gasteiger partial charge on any atom is -0.325 e.